The van der Waals surface area contributed by atoms with E-state index in [4.69, 9.17) is 10.8 Å². The van der Waals surface area contributed by atoms with E-state index in [0.29, 0.717) is 5.92 Å². The van der Waals surface area contributed by atoms with Crippen LogP contribution in [-0.2, 0) is 0 Å². The van der Waals surface area contributed by atoms with Crippen molar-refractivity contribution in [1.82, 2.24) is 4.98 Å². The van der Waals surface area contributed by atoms with Crippen molar-refractivity contribution in [2.45, 2.75) is 31.6 Å². The summed E-state index contributed by atoms with van der Waals surface area (Å²) in [4.78, 5) is 4.82. The molecule has 0 amide bonds. The number of para-hydroxylation sites is 1. The predicted octanol–water partition coefficient (Wildman–Crippen LogP) is 3.94. The van der Waals surface area contributed by atoms with Gasteiger partial charge in [-0.05, 0) is 40.9 Å². The minimum absolute atomic E-state index is 0.591. The molecule has 18 heavy (non-hydrogen) atoms. The summed E-state index contributed by atoms with van der Waals surface area (Å²) in [5.41, 5.74) is 5.92. The largest absolute Gasteiger partial charge is 0.323 e. The maximum atomic E-state index is 5.64. The van der Waals surface area contributed by atoms with Gasteiger partial charge < -0.3 is 5.43 Å². The van der Waals surface area contributed by atoms with Crippen molar-refractivity contribution in [2.75, 3.05) is 5.43 Å². The van der Waals surface area contributed by atoms with Gasteiger partial charge in [-0.25, -0.2) is 0 Å². The van der Waals surface area contributed by atoms with Crippen LogP contribution >= 0.6 is 15.9 Å². The first-order valence-electron chi connectivity index (χ1n) is 6.35. The van der Waals surface area contributed by atoms with E-state index in [1.54, 1.807) is 0 Å². The van der Waals surface area contributed by atoms with Crippen LogP contribution in [0.2, 0.25) is 0 Å². The third-order valence-electron chi connectivity index (χ3n) is 3.74. The highest BCUT2D eigenvalue weighted by Crippen LogP contribution is 2.37. The summed E-state index contributed by atoms with van der Waals surface area (Å²) in [6, 6.07) is 8.17. The second-order valence-electron chi connectivity index (χ2n) is 4.86. The molecule has 0 saturated heterocycles. The quantitative estimate of drug-likeness (QED) is 0.652. The molecule has 3 rings (SSSR count). The number of halogens is 1. The summed E-state index contributed by atoms with van der Waals surface area (Å²) in [7, 11) is 0. The number of nitrogens with one attached hydrogen (secondary N) is 1. The molecule has 94 valence electrons. The van der Waals surface area contributed by atoms with Crippen molar-refractivity contribution in [3.8, 4) is 0 Å². The van der Waals surface area contributed by atoms with Crippen LogP contribution in [0, 0.1) is 0 Å². The average molecular weight is 306 g/mol. The number of fused-ring (bicyclic) bond motifs is 1. The number of hydrogen-bond acceptors (Lipinski definition) is 3. The fourth-order valence-electron chi connectivity index (χ4n) is 2.78. The number of hydrogen-bond donors (Lipinski definition) is 2. The normalized spacial score (nSPS) is 16.3. The van der Waals surface area contributed by atoms with E-state index >= 15 is 0 Å². The van der Waals surface area contributed by atoms with E-state index in [0.717, 1.165) is 21.1 Å². The minimum Gasteiger partial charge on any atom is -0.323 e. The number of aromatic nitrogens is 1. The molecule has 1 saturated carbocycles. The Balaban J connectivity index is 2.19. The van der Waals surface area contributed by atoms with E-state index in [2.05, 4.69) is 27.4 Å². The average Bonchev–Trinajstić information content (AvgIpc) is 2.92. The molecule has 2 aromatic rings. The standard InChI is InChI=1S/C14H16BrN3/c15-11-7-3-6-10-13(18-16)8-12(17-14(10)11)9-4-1-2-5-9/h3,6-9H,1-2,4-5,16H2,(H,17,18). The topological polar surface area (TPSA) is 50.9 Å². The summed E-state index contributed by atoms with van der Waals surface area (Å²) in [6.45, 7) is 0. The lowest BCUT2D eigenvalue weighted by atomic mass is 10.0. The fraction of sp³-hybridized carbons (Fsp3) is 0.357. The van der Waals surface area contributed by atoms with E-state index in [9.17, 15) is 0 Å². The second-order valence-corrected chi connectivity index (χ2v) is 5.71. The molecule has 1 aromatic carbocycles. The molecule has 0 unspecified atom stereocenters. The third kappa shape index (κ3) is 1.99. The van der Waals surface area contributed by atoms with E-state index < -0.39 is 0 Å². The van der Waals surface area contributed by atoms with Gasteiger partial charge in [0.05, 0.1) is 11.2 Å². The Labute approximate surface area is 115 Å². The molecule has 3 N–H and O–H groups in total. The van der Waals surface area contributed by atoms with Gasteiger partial charge in [0.1, 0.15) is 0 Å². The lowest BCUT2D eigenvalue weighted by Crippen LogP contribution is -2.09. The Bertz CT molecular complexity index is 577. The third-order valence-corrected chi connectivity index (χ3v) is 4.38. The summed E-state index contributed by atoms with van der Waals surface area (Å²) in [5.74, 6) is 6.23. The number of hydrazine groups is 1. The van der Waals surface area contributed by atoms with Gasteiger partial charge in [0.2, 0.25) is 0 Å². The lowest BCUT2D eigenvalue weighted by Gasteiger charge is -2.13. The Morgan fingerprint density at radius 2 is 2.06 bits per heavy atom. The number of benzene rings is 1. The number of anilines is 1. The SMILES string of the molecule is NNc1cc(C2CCCC2)nc2c(Br)cccc12. The maximum Gasteiger partial charge on any atom is 0.0868 e. The number of nitrogens with two attached hydrogens (primary N) is 1. The molecule has 1 aromatic heterocycles. The molecular weight excluding hydrogens is 290 g/mol. The summed E-state index contributed by atoms with van der Waals surface area (Å²) in [5, 5.41) is 1.06. The molecular formula is C14H16BrN3. The Kier molecular flexibility index (Phi) is 3.22. The molecule has 0 radical (unpaired) electrons. The highest BCUT2D eigenvalue weighted by molar-refractivity contribution is 9.10. The monoisotopic (exact) mass is 305 g/mol. The van der Waals surface area contributed by atoms with Crippen LogP contribution in [0.4, 0.5) is 5.69 Å². The van der Waals surface area contributed by atoms with Crippen LogP contribution in [0.3, 0.4) is 0 Å². The highest BCUT2D eigenvalue weighted by Gasteiger charge is 2.20. The molecule has 1 aliphatic carbocycles. The van der Waals surface area contributed by atoms with Crippen molar-refractivity contribution in [3.63, 3.8) is 0 Å². The molecule has 1 aliphatic rings. The highest BCUT2D eigenvalue weighted by atomic mass is 79.9. The lowest BCUT2D eigenvalue weighted by molar-refractivity contribution is 0.701. The van der Waals surface area contributed by atoms with Crippen molar-refractivity contribution in [2.24, 2.45) is 5.84 Å². The molecule has 0 spiro atoms. The number of nitrogen functional groups attached to an aromatic ring is 1. The van der Waals surface area contributed by atoms with E-state index in [-0.39, 0.29) is 0 Å². The van der Waals surface area contributed by atoms with Gasteiger partial charge in [0, 0.05) is 21.5 Å². The van der Waals surface area contributed by atoms with Gasteiger partial charge in [-0.1, -0.05) is 25.0 Å². The van der Waals surface area contributed by atoms with Gasteiger partial charge in [0.25, 0.3) is 0 Å². The smallest absolute Gasteiger partial charge is 0.0868 e. The van der Waals surface area contributed by atoms with Crippen LogP contribution < -0.4 is 11.3 Å². The van der Waals surface area contributed by atoms with Crippen LogP contribution in [0.1, 0.15) is 37.3 Å². The predicted molar refractivity (Wildman–Crippen MR) is 78.5 cm³/mol. The molecule has 1 heterocycles. The van der Waals surface area contributed by atoms with Gasteiger partial charge in [-0.3, -0.25) is 10.8 Å². The molecule has 0 aliphatic heterocycles. The van der Waals surface area contributed by atoms with Crippen molar-refractivity contribution >= 4 is 32.5 Å². The first kappa shape index (κ1) is 11.9. The van der Waals surface area contributed by atoms with Crippen LogP contribution in [0.15, 0.2) is 28.7 Å². The summed E-state index contributed by atoms with van der Waals surface area (Å²) in [6.07, 6.45) is 5.11. The van der Waals surface area contributed by atoms with E-state index in [1.807, 2.05) is 18.2 Å². The maximum absolute atomic E-state index is 5.64. The van der Waals surface area contributed by atoms with E-state index in [1.165, 1.54) is 31.4 Å². The number of pyridine rings is 1. The Morgan fingerprint density at radius 1 is 1.28 bits per heavy atom. The minimum atomic E-state index is 0.591. The van der Waals surface area contributed by atoms with Crippen LogP contribution in [0.25, 0.3) is 10.9 Å². The van der Waals surface area contributed by atoms with Gasteiger partial charge in [-0.2, -0.15) is 0 Å². The summed E-state index contributed by atoms with van der Waals surface area (Å²) < 4.78 is 1.02. The fourth-order valence-corrected chi connectivity index (χ4v) is 3.24. The first-order valence-corrected chi connectivity index (χ1v) is 7.14. The van der Waals surface area contributed by atoms with Gasteiger partial charge in [-0.15, -0.1) is 0 Å². The first-order chi connectivity index (χ1) is 8.79. The van der Waals surface area contributed by atoms with Crippen molar-refractivity contribution in [1.29, 1.82) is 0 Å². The molecule has 1 fully saturated rings. The Hall–Kier alpha value is -1.13. The van der Waals surface area contributed by atoms with Crippen molar-refractivity contribution < 1.29 is 0 Å². The molecule has 4 heteroatoms. The van der Waals surface area contributed by atoms with Crippen molar-refractivity contribution in [3.05, 3.63) is 34.4 Å². The second kappa shape index (κ2) is 4.86. The number of nitrogens with zero attached hydrogens (tertiary/aromatic N) is 1. The molecule has 0 atom stereocenters. The zero-order valence-electron chi connectivity index (χ0n) is 10.1. The zero-order chi connectivity index (χ0) is 12.5. The Morgan fingerprint density at radius 3 is 2.78 bits per heavy atom. The van der Waals surface area contributed by atoms with Crippen LogP contribution in [0.5, 0.6) is 0 Å². The zero-order valence-corrected chi connectivity index (χ0v) is 11.7. The molecule has 0 bridgehead atoms. The van der Waals surface area contributed by atoms with Crippen LogP contribution in [-0.4, -0.2) is 4.98 Å². The molecule has 3 nitrogen and oxygen atoms in total. The summed E-state index contributed by atoms with van der Waals surface area (Å²) >= 11 is 3.57. The van der Waals surface area contributed by atoms with Gasteiger partial charge >= 0.3 is 0 Å². The van der Waals surface area contributed by atoms with Gasteiger partial charge in [0.15, 0.2) is 0 Å². The number of rotatable bonds is 2.